The smallest absolute Gasteiger partial charge is 0.203 e. The van der Waals surface area contributed by atoms with Crippen molar-refractivity contribution in [3.63, 3.8) is 0 Å². The molecule has 0 fully saturated rings. The molecule has 0 saturated heterocycles. The number of guanidine groups is 1. The van der Waals surface area contributed by atoms with Crippen LogP contribution in [0.25, 0.3) is 0 Å². The Morgan fingerprint density at radius 2 is 1.81 bits per heavy atom. The minimum atomic E-state index is 0. The maximum absolute atomic E-state index is 5.40. The third-order valence-corrected chi connectivity index (χ3v) is 3.73. The number of allylic oxidation sites excluding steroid dienone is 1. The molecule has 0 aromatic heterocycles. The molecular formula is C19H32IN3O3. The van der Waals surface area contributed by atoms with E-state index in [1.54, 1.807) is 21.3 Å². The van der Waals surface area contributed by atoms with E-state index in [4.69, 9.17) is 19.2 Å². The van der Waals surface area contributed by atoms with Crippen molar-refractivity contribution in [2.75, 3.05) is 41.5 Å². The molecule has 0 saturated carbocycles. The minimum Gasteiger partial charge on any atom is -0.493 e. The summed E-state index contributed by atoms with van der Waals surface area (Å²) in [6.07, 6.45) is 3.99. The first-order valence-corrected chi connectivity index (χ1v) is 8.50. The predicted octanol–water partition coefficient (Wildman–Crippen LogP) is 3.69. The standard InChI is InChI=1S/C19H31N3O3.HI/c1-7-9-10-11-22(3)19(20-8-2)21-14-15-12-16(23-4)18(25-6)17(13-15)24-5;/h7,12-13H,1,8-11,14H2,2-6H3,(H,20,21);1H. The Hall–Kier alpha value is -1.64. The Morgan fingerprint density at radius 1 is 1.19 bits per heavy atom. The summed E-state index contributed by atoms with van der Waals surface area (Å²) < 4.78 is 16.2. The van der Waals surface area contributed by atoms with Crippen LogP contribution in [0, 0.1) is 0 Å². The SMILES string of the molecule is C=CCCCN(C)C(=NCc1cc(OC)c(OC)c(OC)c1)NCC.I. The molecule has 7 heteroatoms. The number of aliphatic imine (C=N–C) groups is 1. The van der Waals surface area contributed by atoms with Gasteiger partial charge in [-0.15, -0.1) is 30.6 Å². The molecule has 148 valence electrons. The van der Waals surface area contributed by atoms with E-state index in [-0.39, 0.29) is 24.0 Å². The summed E-state index contributed by atoms with van der Waals surface area (Å²) in [4.78, 5) is 6.85. The largest absolute Gasteiger partial charge is 0.493 e. The van der Waals surface area contributed by atoms with Gasteiger partial charge >= 0.3 is 0 Å². The van der Waals surface area contributed by atoms with Crippen LogP contribution in [0.2, 0.25) is 0 Å². The Bertz CT molecular complexity index is 554. The van der Waals surface area contributed by atoms with Crippen LogP contribution in [-0.2, 0) is 6.54 Å². The van der Waals surface area contributed by atoms with Crippen LogP contribution >= 0.6 is 24.0 Å². The van der Waals surface area contributed by atoms with Crippen molar-refractivity contribution in [3.8, 4) is 17.2 Å². The van der Waals surface area contributed by atoms with Crippen LogP contribution in [0.15, 0.2) is 29.8 Å². The van der Waals surface area contributed by atoms with Crippen molar-refractivity contribution in [2.45, 2.75) is 26.3 Å². The number of methoxy groups -OCH3 is 3. The van der Waals surface area contributed by atoms with Gasteiger partial charge in [-0.3, -0.25) is 0 Å². The lowest BCUT2D eigenvalue weighted by Gasteiger charge is -2.22. The van der Waals surface area contributed by atoms with Crippen molar-refractivity contribution in [1.29, 1.82) is 0 Å². The summed E-state index contributed by atoms with van der Waals surface area (Å²) >= 11 is 0. The van der Waals surface area contributed by atoms with E-state index in [2.05, 4.69) is 23.7 Å². The quantitative estimate of drug-likeness (QED) is 0.183. The highest BCUT2D eigenvalue weighted by Gasteiger charge is 2.13. The van der Waals surface area contributed by atoms with Crippen LogP contribution in [0.1, 0.15) is 25.3 Å². The Kier molecular flexibility index (Phi) is 12.7. The molecule has 0 atom stereocenters. The predicted molar refractivity (Wildman–Crippen MR) is 118 cm³/mol. The van der Waals surface area contributed by atoms with E-state index in [0.29, 0.717) is 23.8 Å². The van der Waals surface area contributed by atoms with Crippen molar-refractivity contribution < 1.29 is 14.2 Å². The molecule has 1 rings (SSSR count). The zero-order chi connectivity index (χ0) is 18.7. The first-order valence-electron chi connectivity index (χ1n) is 8.50. The molecule has 0 amide bonds. The molecule has 0 aliphatic rings. The molecule has 0 radical (unpaired) electrons. The minimum absolute atomic E-state index is 0. The van der Waals surface area contributed by atoms with E-state index in [1.165, 1.54) is 0 Å². The van der Waals surface area contributed by atoms with Gasteiger partial charge in [-0.1, -0.05) is 6.08 Å². The number of nitrogens with one attached hydrogen (secondary N) is 1. The average Bonchev–Trinajstić information content (AvgIpc) is 2.64. The summed E-state index contributed by atoms with van der Waals surface area (Å²) in [5.41, 5.74) is 0.990. The van der Waals surface area contributed by atoms with Gasteiger partial charge in [-0.2, -0.15) is 0 Å². The van der Waals surface area contributed by atoms with Crippen molar-refractivity contribution in [3.05, 3.63) is 30.4 Å². The topological polar surface area (TPSA) is 55.3 Å². The number of unbranched alkanes of at least 4 members (excludes halogenated alkanes) is 1. The van der Waals surface area contributed by atoms with Crippen LogP contribution in [0.4, 0.5) is 0 Å². The number of rotatable bonds is 10. The van der Waals surface area contributed by atoms with Gasteiger partial charge in [0.15, 0.2) is 17.5 Å². The molecule has 26 heavy (non-hydrogen) atoms. The number of nitrogens with zero attached hydrogens (tertiary/aromatic N) is 2. The van der Waals surface area contributed by atoms with Crippen molar-refractivity contribution in [1.82, 2.24) is 10.2 Å². The summed E-state index contributed by atoms with van der Waals surface area (Å²) in [5.74, 6) is 2.74. The number of ether oxygens (including phenoxy) is 3. The van der Waals surface area contributed by atoms with Gasteiger partial charge in [-0.05, 0) is 37.5 Å². The summed E-state index contributed by atoms with van der Waals surface area (Å²) in [6, 6.07) is 3.85. The second-order valence-corrected chi connectivity index (χ2v) is 5.56. The number of hydrogen-bond donors (Lipinski definition) is 1. The Balaban J connectivity index is 0.00000625. The lowest BCUT2D eigenvalue weighted by Crippen LogP contribution is -2.39. The lowest BCUT2D eigenvalue weighted by atomic mass is 10.2. The fourth-order valence-electron chi connectivity index (χ4n) is 2.44. The molecule has 0 bridgehead atoms. The van der Waals surface area contributed by atoms with Crippen LogP contribution in [-0.4, -0.2) is 52.3 Å². The van der Waals surface area contributed by atoms with Crippen LogP contribution < -0.4 is 19.5 Å². The third kappa shape index (κ3) is 7.31. The highest BCUT2D eigenvalue weighted by Crippen LogP contribution is 2.38. The molecule has 1 N–H and O–H groups in total. The molecule has 1 aromatic carbocycles. The second-order valence-electron chi connectivity index (χ2n) is 5.56. The normalized spacial score (nSPS) is 10.6. The molecule has 0 spiro atoms. The van der Waals surface area contributed by atoms with Crippen LogP contribution in [0.5, 0.6) is 17.2 Å². The van der Waals surface area contributed by atoms with E-state index >= 15 is 0 Å². The third-order valence-electron chi connectivity index (χ3n) is 3.73. The number of halogens is 1. The highest BCUT2D eigenvalue weighted by molar-refractivity contribution is 14.0. The van der Waals surface area contributed by atoms with Gasteiger partial charge in [0.05, 0.1) is 27.9 Å². The molecule has 0 aliphatic heterocycles. The molecule has 1 aromatic rings. The van der Waals surface area contributed by atoms with Gasteiger partial charge in [0.25, 0.3) is 0 Å². The number of benzene rings is 1. The van der Waals surface area contributed by atoms with Crippen molar-refractivity contribution in [2.24, 2.45) is 4.99 Å². The fraction of sp³-hybridized carbons (Fsp3) is 0.526. The molecule has 0 unspecified atom stereocenters. The number of hydrogen-bond acceptors (Lipinski definition) is 4. The lowest BCUT2D eigenvalue weighted by molar-refractivity contribution is 0.324. The first-order chi connectivity index (χ1) is 12.1. The van der Waals surface area contributed by atoms with E-state index < -0.39 is 0 Å². The van der Waals surface area contributed by atoms with E-state index in [0.717, 1.165) is 37.5 Å². The zero-order valence-electron chi connectivity index (χ0n) is 16.5. The van der Waals surface area contributed by atoms with E-state index in [1.807, 2.05) is 25.3 Å². The van der Waals surface area contributed by atoms with Gasteiger partial charge in [0, 0.05) is 20.1 Å². The fourth-order valence-corrected chi connectivity index (χ4v) is 2.44. The van der Waals surface area contributed by atoms with Gasteiger partial charge in [-0.25, -0.2) is 4.99 Å². The van der Waals surface area contributed by atoms with E-state index in [9.17, 15) is 0 Å². The molecule has 6 nitrogen and oxygen atoms in total. The monoisotopic (exact) mass is 477 g/mol. The summed E-state index contributed by atoms with van der Waals surface area (Å²) in [7, 11) is 6.86. The maximum Gasteiger partial charge on any atom is 0.203 e. The maximum atomic E-state index is 5.40. The van der Waals surface area contributed by atoms with Gasteiger partial charge < -0.3 is 24.4 Å². The summed E-state index contributed by atoms with van der Waals surface area (Å²) in [6.45, 7) is 8.09. The van der Waals surface area contributed by atoms with Crippen LogP contribution in [0.3, 0.4) is 0 Å². The van der Waals surface area contributed by atoms with Crippen molar-refractivity contribution >= 4 is 29.9 Å². The first kappa shape index (κ1) is 24.4. The summed E-state index contributed by atoms with van der Waals surface area (Å²) in [5, 5.41) is 3.32. The Labute approximate surface area is 174 Å². The molecular weight excluding hydrogens is 445 g/mol. The highest BCUT2D eigenvalue weighted by atomic mass is 127. The Morgan fingerprint density at radius 3 is 2.27 bits per heavy atom. The average molecular weight is 477 g/mol. The molecule has 0 heterocycles. The second kappa shape index (κ2) is 13.5. The zero-order valence-corrected chi connectivity index (χ0v) is 18.8. The van der Waals surface area contributed by atoms with Gasteiger partial charge in [0.2, 0.25) is 5.75 Å². The molecule has 0 aliphatic carbocycles. The van der Waals surface area contributed by atoms with Gasteiger partial charge in [0.1, 0.15) is 0 Å².